The molecule has 12 rings (SSSR count). The molecule has 0 saturated carbocycles. The molecule has 0 fully saturated rings. The molecule has 3 aliphatic rings. The van der Waals surface area contributed by atoms with Crippen molar-refractivity contribution in [3.8, 4) is 55.6 Å². The van der Waals surface area contributed by atoms with Crippen LogP contribution in [0.5, 0.6) is 0 Å². The first-order chi connectivity index (χ1) is 30.8. The van der Waals surface area contributed by atoms with Gasteiger partial charge in [-0.2, -0.15) is 0 Å². The predicted molar refractivity (Wildman–Crippen MR) is 259 cm³/mol. The summed E-state index contributed by atoms with van der Waals surface area (Å²) in [6, 6.07) is 82.7. The predicted octanol–water partition coefficient (Wildman–Crippen LogP) is 15.8. The number of fused-ring (bicyclic) bond motifs is 10. The van der Waals surface area contributed by atoms with Crippen molar-refractivity contribution < 1.29 is 0 Å². The SMILES string of the molecule is C1=CC(c2ccc3c(c2)C2(c4ccccc4-3)c3ccccc3-c3c(-c4ccccc4)cccc32)CC=C1N(c1ccc(-c2ccccc2)cc1)c1ccc(-c2ccccc2)cc1. The van der Waals surface area contributed by atoms with E-state index < -0.39 is 5.41 Å². The van der Waals surface area contributed by atoms with Crippen LogP contribution in [0.2, 0.25) is 0 Å². The fourth-order valence-corrected chi connectivity index (χ4v) is 10.6. The topological polar surface area (TPSA) is 3.24 Å². The Labute approximate surface area is 364 Å². The van der Waals surface area contributed by atoms with Crippen molar-refractivity contribution in [2.24, 2.45) is 0 Å². The zero-order chi connectivity index (χ0) is 41.0. The minimum Gasteiger partial charge on any atom is -0.311 e. The Kier molecular flexibility index (Phi) is 8.61. The number of hydrogen-bond acceptors (Lipinski definition) is 1. The van der Waals surface area contributed by atoms with Crippen molar-refractivity contribution in [2.75, 3.05) is 4.90 Å². The number of allylic oxidation sites excluding steroid dienone is 3. The van der Waals surface area contributed by atoms with Gasteiger partial charge in [-0.05, 0) is 120 Å². The van der Waals surface area contributed by atoms with Crippen LogP contribution in [0.3, 0.4) is 0 Å². The van der Waals surface area contributed by atoms with Gasteiger partial charge in [0.25, 0.3) is 0 Å². The molecule has 0 amide bonds. The molecule has 1 nitrogen and oxygen atoms in total. The van der Waals surface area contributed by atoms with Crippen molar-refractivity contribution in [1.29, 1.82) is 0 Å². The van der Waals surface area contributed by atoms with E-state index in [2.05, 4.69) is 248 Å². The molecule has 292 valence electrons. The van der Waals surface area contributed by atoms with Crippen molar-refractivity contribution >= 4 is 11.4 Å². The molecule has 62 heavy (non-hydrogen) atoms. The van der Waals surface area contributed by atoms with Crippen molar-refractivity contribution in [2.45, 2.75) is 17.8 Å². The van der Waals surface area contributed by atoms with Gasteiger partial charge < -0.3 is 4.90 Å². The van der Waals surface area contributed by atoms with Gasteiger partial charge in [-0.15, -0.1) is 0 Å². The number of hydrogen-bond donors (Lipinski definition) is 0. The summed E-state index contributed by atoms with van der Waals surface area (Å²) < 4.78 is 0. The van der Waals surface area contributed by atoms with Crippen molar-refractivity contribution in [3.63, 3.8) is 0 Å². The Hall–Kier alpha value is -7.74. The second-order valence-electron chi connectivity index (χ2n) is 16.7. The molecule has 0 aliphatic heterocycles. The number of nitrogens with zero attached hydrogens (tertiary/aromatic N) is 1. The lowest BCUT2D eigenvalue weighted by Crippen LogP contribution is -2.26. The third-order valence-electron chi connectivity index (χ3n) is 13.5. The summed E-state index contributed by atoms with van der Waals surface area (Å²) in [5, 5.41) is 0. The molecule has 0 saturated heterocycles. The first kappa shape index (κ1) is 36.1. The molecule has 3 aliphatic carbocycles. The van der Waals surface area contributed by atoms with Gasteiger partial charge in [0.05, 0.1) is 5.41 Å². The van der Waals surface area contributed by atoms with Crippen LogP contribution in [0.1, 0.15) is 40.2 Å². The van der Waals surface area contributed by atoms with Gasteiger partial charge in [-0.1, -0.05) is 212 Å². The lowest BCUT2D eigenvalue weighted by Gasteiger charge is -2.32. The van der Waals surface area contributed by atoms with Gasteiger partial charge in [-0.3, -0.25) is 0 Å². The van der Waals surface area contributed by atoms with Crippen LogP contribution in [0.4, 0.5) is 11.4 Å². The minimum absolute atomic E-state index is 0.236. The summed E-state index contributed by atoms with van der Waals surface area (Å²) >= 11 is 0. The van der Waals surface area contributed by atoms with Crippen LogP contribution in [-0.2, 0) is 5.41 Å². The minimum atomic E-state index is -0.410. The maximum atomic E-state index is 2.55. The van der Waals surface area contributed by atoms with E-state index in [0.29, 0.717) is 0 Å². The smallest absolute Gasteiger partial charge is 0.0725 e. The van der Waals surface area contributed by atoms with Crippen molar-refractivity contribution in [1.82, 2.24) is 0 Å². The molecule has 9 aromatic rings. The highest BCUT2D eigenvalue weighted by Gasteiger charge is 2.52. The van der Waals surface area contributed by atoms with Gasteiger partial charge in [0.1, 0.15) is 0 Å². The van der Waals surface area contributed by atoms with E-state index in [0.717, 1.165) is 17.8 Å². The molecular formula is C61H43N. The maximum absolute atomic E-state index is 2.55. The average Bonchev–Trinajstić information content (AvgIpc) is 3.83. The normalized spacial score (nSPS) is 16.6. The molecule has 9 aromatic carbocycles. The first-order valence-corrected chi connectivity index (χ1v) is 21.8. The lowest BCUT2D eigenvalue weighted by atomic mass is 9.70. The van der Waals surface area contributed by atoms with Crippen LogP contribution in [0.15, 0.2) is 248 Å². The first-order valence-electron chi connectivity index (χ1n) is 21.8. The van der Waals surface area contributed by atoms with E-state index in [1.54, 1.807) is 0 Å². The lowest BCUT2D eigenvalue weighted by molar-refractivity contribution is 0.782. The van der Waals surface area contributed by atoms with Crippen LogP contribution in [0.25, 0.3) is 55.6 Å². The average molecular weight is 790 g/mol. The highest BCUT2D eigenvalue weighted by molar-refractivity contribution is 6.00. The number of benzene rings is 9. The van der Waals surface area contributed by atoms with E-state index in [1.165, 1.54) is 89.1 Å². The van der Waals surface area contributed by atoms with Gasteiger partial charge in [0.2, 0.25) is 0 Å². The van der Waals surface area contributed by atoms with Crippen LogP contribution in [-0.4, -0.2) is 0 Å². The molecule has 0 heterocycles. The second-order valence-corrected chi connectivity index (χ2v) is 16.7. The molecule has 2 unspecified atom stereocenters. The Morgan fingerprint density at radius 3 is 1.45 bits per heavy atom. The van der Waals surface area contributed by atoms with E-state index >= 15 is 0 Å². The van der Waals surface area contributed by atoms with Gasteiger partial charge >= 0.3 is 0 Å². The summed E-state index contributed by atoms with van der Waals surface area (Å²) in [6.07, 6.45) is 8.11. The summed E-state index contributed by atoms with van der Waals surface area (Å²) in [4.78, 5) is 2.40. The van der Waals surface area contributed by atoms with Crippen LogP contribution in [0, 0.1) is 0 Å². The molecular weight excluding hydrogens is 747 g/mol. The van der Waals surface area contributed by atoms with Gasteiger partial charge in [-0.25, -0.2) is 0 Å². The number of rotatable bonds is 7. The summed E-state index contributed by atoms with van der Waals surface area (Å²) in [5.41, 5.74) is 22.6. The fourth-order valence-electron chi connectivity index (χ4n) is 10.6. The highest BCUT2D eigenvalue weighted by atomic mass is 15.1. The Bertz CT molecular complexity index is 3090. The molecule has 2 atom stereocenters. The number of anilines is 2. The molecule has 0 aromatic heterocycles. The van der Waals surface area contributed by atoms with Crippen molar-refractivity contribution in [3.05, 3.63) is 276 Å². The summed E-state index contributed by atoms with van der Waals surface area (Å²) in [6.45, 7) is 0. The fraction of sp³-hybridized carbons (Fsp3) is 0.0492. The zero-order valence-electron chi connectivity index (χ0n) is 34.3. The third-order valence-corrected chi connectivity index (χ3v) is 13.5. The molecule has 1 heteroatoms. The summed E-state index contributed by atoms with van der Waals surface area (Å²) in [7, 11) is 0. The zero-order valence-corrected chi connectivity index (χ0v) is 34.3. The van der Waals surface area contributed by atoms with E-state index in [9.17, 15) is 0 Å². The molecule has 0 N–H and O–H groups in total. The second kappa shape index (κ2) is 14.8. The van der Waals surface area contributed by atoms with E-state index in [1.807, 2.05) is 0 Å². The largest absolute Gasteiger partial charge is 0.311 e. The van der Waals surface area contributed by atoms with Gasteiger partial charge in [0, 0.05) is 23.0 Å². The van der Waals surface area contributed by atoms with E-state index in [4.69, 9.17) is 0 Å². The Morgan fingerprint density at radius 2 is 0.855 bits per heavy atom. The maximum Gasteiger partial charge on any atom is 0.0725 e. The Morgan fingerprint density at radius 1 is 0.371 bits per heavy atom. The summed E-state index contributed by atoms with van der Waals surface area (Å²) in [5.74, 6) is 0.236. The highest BCUT2D eigenvalue weighted by Crippen LogP contribution is 2.64. The molecule has 1 spiro atoms. The molecule has 0 radical (unpaired) electrons. The standard InChI is InChI=1S/C61H43N/c1-4-15-42(16-5-1)44-27-34-49(35-28-44)62(50-36-29-45(30-37-50)43-17-6-2-7-18-43)51-38-31-46(32-39-51)48-33-40-54-53-21-10-12-24-56(53)61(59(54)41-48)57-25-13-11-22-55(57)60-52(23-14-26-58(60)61)47-19-8-3-9-20-47/h1-31,33-41,46H,32H2. The third kappa shape index (κ3) is 5.70. The monoisotopic (exact) mass is 789 g/mol. The van der Waals surface area contributed by atoms with Gasteiger partial charge in [0.15, 0.2) is 0 Å². The van der Waals surface area contributed by atoms with Crippen LogP contribution >= 0.6 is 0 Å². The quantitative estimate of drug-likeness (QED) is 0.155. The molecule has 0 bridgehead atoms. The van der Waals surface area contributed by atoms with E-state index in [-0.39, 0.29) is 5.92 Å². The Balaban J connectivity index is 0.938. The van der Waals surface area contributed by atoms with Crippen LogP contribution < -0.4 is 4.90 Å².